The molecule has 0 radical (unpaired) electrons. The maximum atomic E-state index is 9.76. The van der Waals surface area contributed by atoms with Crippen LogP contribution in [-0.4, -0.2) is 24.8 Å². The molecular formula is C15H23NO. The van der Waals surface area contributed by atoms with Crippen molar-refractivity contribution in [1.29, 1.82) is 0 Å². The molecule has 0 amide bonds. The Bertz CT molecular complexity index is 360. The van der Waals surface area contributed by atoms with E-state index in [1.165, 1.54) is 16.7 Å². The number of aryl methyl sites for hydroxylation is 2. The van der Waals surface area contributed by atoms with Gasteiger partial charge in [0.25, 0.3) is 0 Å². The molecule has 0 aliphatic carbocycles. The Morgan fingerprint density at radius 3 is 2.29 bits per heavy atom. The van der Waals surface area contributed by atoms with Crippen LogP contribution in [0.1, 0.15) is 29.5 Å². The van der Waals surface area contributed by atoms with E-state index in [4.69, 9.17) is 0 Å². The molecule has 1 aliphatic rings. The van der Waals surface area contributed by atoms with E-state index in [0.717, 1.165) is 32.4 Å². The SMILES string of the molecule is Cc1cccc(C)c1CC1(CO)CCNCC1. The first kappa shape index (κ1) is 12.6. The van der Waals surface area contributed by atoms with Gasteiger partial charge in [-0.05, 0) is 68.3 Å². The lowest BCUT2D eigenvalue weighted by Crippen LogP contribution is -2.40. The van der Waals surface area contributed by atoms with Crippen LogP contribution in [0.15, 0.2) is 18.2 Å². The van der Waals surface area contributed by atoms with E-state index in [1.807, 2.05) is 0 Å². The normalized spacial score (nSPS) is 19.2. The standard InChI is InChI=1S/C15H23NO/c1-12-4-3-5-13(2)14(12)10-15(11-17)6-8-16-9-7-15/h3-5,16-17H,6-11H2,1-2H3. The number of hydrogen-bond acceptors (Lipinski definition) is 2. The molecule has 0 atom stereocenters. The molecule has 2 nitrogen and oxygen atoms in total. The van der Waals surface area contributed by atoms with Gasteiger partial charge in [0.1, 0.15) is 0 Å². The molecule has 1 heterocycles. The van der Waals surface area contributed by atoms with E-state index in [0.29, 0.717) is 6.61 Å². The number of aliphatic hydroxyl groups is 1. The van der Waals surface area contributed by atoms with Crippen molar-refractivity contribution >= 4 is 0 Å². The number of piperidine rings is 1. The maximum Gasteiger partial charge on any atom is 0.0491 e. The van der Waals surface area contributed by atoms with Crippen molar-refractivity contribution < 1.29 is 5.11 Å². The zero-order chi connectivity index (χ0) is 12.3. The van der Waals surface area contributed by atoms with Crippen LogP contribution in [-0.2, 0) is 6.42 Å². The molecule has 1 aromatic carbocycles. The summed E-state index contributed by atoms with van der Waals surface area (Å²) in [6.07, 6.45) is 3.18. The highest BCUT2D eigenvalue weighted by Crippen LogP contribution is 2.34. The summed E-state index contributed by atoms with van der Waals surface area (Å²) in [6.45, 7) is 6.72. The predicted molar refractivity (Wildman–Crippen MR) is 71.2 cm³/mol. The molecule has 1 aromatic rings. The van der Waals surface area contributed by atoms with E-state index in [1.54, 1.807) is 0 Å². The molecule has 0 unspecified atom stereocenters. The number of aliphatic hydroxyl groups excluding tert-OH is 1. The zero-order valence-electron chi connectivity index (χ0n) is 10.9. The van der Waals surface area contributed by atoms with Crippen LogP contribution in [0.3, 0.4) is 0 Å². The van der Waals surface area contributed by atoms with Gasteiger partial charge in [-0.2, -0.15) is 0 Å². The quantitative estimate of drug-likeness (QED) is 0.839. The first-order valence-corrected chi connectivity index (χ1v) is 6.54. The third-order valence-corrected chi connectivity index (χ3v) is 4.20. The summed E-state index contributed by atoms with van der Waals surface area (Å²) >= 11 is 0. The average molecular weight is 233 g/mol. The summed E-state index contributed by atoms with van der Waals surface area (Å²) in [4.78, 5) is 0. The van der Waals surface area contributed by atoms with Gasteiger partial charge in [-0.3, -0.25) is 0 Å². The van der Waals surface area contributed by atoms with Crippen molar-refractivity contribution in [3.63, 3.8) is 0 Å². The Labute approximate surface area is 104 Å². The lowest BCUT2D eigenvalue weighted by molar-refractivity contribution is 0.0890. The van der Waals surface area contributed by atoms with Crippen LogP contribution in [0.25, 0.3) is 0 Å². The molecule has 0 saturated carbocycles. The Morgan fingerprint density at radius 2 is 1.76 bits per heavy atom. The molecule has 1 fully saturated rings. The van der Waals surface area contributed by atoms with Gasteiger partial charge in [-0.1, -0.05) is 18.2 Å². The fourth-order valence-corrected chi connectivity index (χ4v) is 2.85. The van der Waals surface area contributed by atoms with Crippen LogP contribution in [0.4, 0.5) is 0 Å². The van der Waals surface area contributed by atoms with E-state index in [9.17, 15) is 5.11 Å². The summed E-state index contributed by atoms with van der Waals surface area (Å²) in [6, 6.07) is 6.46. The van der Waals surface area contributed by atoms with Crippen molar-refractivity contribution in [1.82, 2.24) is 5.32 Å². The predicted octanol–water partition coefficient (Wildman–Crippen LogP) is 2.21. The third-order valence-electron chi connectivity index (χ3n) is 4.20. The van der Waals surface area contributed by atoms with Gasteiger partial charge >= 0.3 is 0 Å². The highest BCUT2D eigenvalue weighted by molar-refractivity contribution is 5.34. The molecule has 17 heavy (non-hydrogen) atoms. The second-order valence-electron chi connectivity index (χ2n) is 5.46. The van der Waals surface area contributed by atoms with Crippen molar-refractivity contribution in [3.05, 3.63) is 34.9 Å². The molecule has 94 valence electrons. The minimum atomic E-state index is 0.0993. The Kier molecular flexibility index (Phi) is 3.85. The minimum Gasteiger partial charge on any atom is -0.396 e. The van der Waals surface area contributed by atoms with E-state index < -0.39 is 0 Å². The lowest BCUT2D eigenvalue weighted by atomic mass is 9.73. The van der Waals surface area contributed by atoms with Gasteiger partial charge in [-0.15, -0.1) is 0 Å². The van der Waals surface area contributed by atoms with Gasteiger partial charge in [-0.25, -0.2) is 0 Å². The van der Waals surface area contributed by atoms with Crippen LogP contribution in [0.2, 0.25) is 0 Å². The molecule has 2 N–H and O–H groups in total. The molecule has 0 bridgehead atoms. The Balaban J connectivity index is 2.23. The fourth-order valence-electron chi connectivity index (χ4n) is 2.85. The Hall–Kier alpha value is -0.860. The summed E-state index contributed by atoms with van der Waals surface area (Å²) in [5.74, 6) is 0. The van der Waals surface area contributed by atoms with Crippen LogP contribution in [0, 0.1) is 19.3 Å². The summed E-state index contributed by atoms with van der Waals surface area (Å²) in [5, 5.41) is 13.1. The zero-order valence-corrected chi connectivity index (χ0v) is 10.9. The second kappa shape index (κ2) is 5.19. The van der Waals surface area contributed by atoms with E-state index in [-0.39, 0.29) is 5.41 Å². The lowest BCUT2D eigenvalue weighted by Gasteiger charge is -2.37. The minimum absolute atomic E-state index is 0.0993. The summed E-state index contributed by atoms with van der Waals surface area (Å²) in [7, 11) is 0. The second-order valence-corrected chi connectivity index (χ2v) is 5.46. The smallest absolute Gasteiger partial charge is 0.0491 e. The topological polar surface area (TPSA) is 32.3 Å². The van der Waals surface area contributed by atoms with Gasteiger partial charge in [0.05, 0.1) is 0 Å². The number of nitrogens with one attached hydrogen (secondary N) is 1. The summed E-state index contributed by atoms with van der Waals surface area (Å²) < 4.78 is 0. The molecule has 0 aromatic heterocycles. The van der Waals surface area contributed by atoms with E-state index in [2.05, 4.69) is 37.4 Å². The van der Waals surface area contributed by atoms with Crippen molar-refractivity contribution in [2.75, 3.05) is 19.7 Å². The molecule has 1 saturated heterocycles. The molecule has 0 spiro atoms. The Morgan fingerprint density at radius 1 is 1.18 bits per heavy atom. The van der Waals surface area contributed by atoms with Crippen LogP contribution in [0.5, 0.6) is 0 Å². The highest BCUT2D eigenvalue weighted by atomic mass is 16.3. The van der Waals surface area contributed by atoms with Crippen molar-refractivity contribution in [3.8, 4) is 0 Å². The van der Waals surface area contributed by atoms with E-state index >= 15 is 0 Å². The largest absolute Gasteiger partial charge is 0.396 e. The molecule has 2 heteroatoms. The van der Waals surface area contributed by atoms with Gasteiger partial charge < -0.3 is 10.4 Å². The molecule has 1 aliphatic heterocycles. The van der Waals surface area contributed by atoms with Crippen LogP contribution >= 0.6 is 0 Å². The van der Waals surface area contributed by atoms with Crippen molar-refractivity contribution in [2.24, 2.45) is 5.41 Å². The summed E-state index contributed by atoms with van der Waals surface area (Å²) in [5.41, 5.74) is 4.25. The first-order valence-electron chi connectivity index (χ1n) is 6.54. The number of rotatable bonds is 3. The van der Waals surface area contributed by atoms with Gasteiger partial charge in [0, 0.05) is 6.61 Å². The molecular weight excluding hydrogens is 210 g/mol. The van der Waals surface area contributed by atoms with Crippen molar-refractivity contribution in [2.45, 2.75) is 33.1 Å². The van der Waals surface area contributed by atoms with Gasteiger partial charge in [0.2, 0.25) is 0 Å². The fraction of sp³-hybridized carbons (Fsp3) is 0.600. The number of hydrogen-bond donors (Lipinski definition) is 2. The van der Waals surface area contributed by atoms with Crippen LogP contribution < -0.4 is 5.32 Å². The average Bonchev–Trinajstić information content (AvgIpc) is 2.35. The number of benzene rings is 1. The highest BCUT2D eigenvalue weighted by Gasteiger charge is 2.32. The molecule has 2 rings (SSSR count). The van der Waals surface area contributed by atoms with Gasteiger partial charge in [0.15, 0.2) is 0 Å². The first-order chi connectivity index (χ1) is 8.17. The maximum absolute atomic E-state index is 9.76. The third kappa shape index (κ3) is 2.70. The monoisotopic (exact) mass is 233 g/mol.